The van der Waals surface area contributed by atoms with Crippen LogP contribution in [0.2, 0.25) is 5.02 Å². The minimum absolute atomic E-state index is 0.257. The molecule has 0 heterocycles. The third-order valence-electron chi connectivity index (χ3n) is 3.82. The van der Waals surface area contributed by atoms with E-state index in [0.717, 1.165) is 0 Å². The number of hydrogen-bond acceptors (Lipinski definition) is 2. The molecule has 3 aromatic rings. The van der Waals surface area contributed by atoms with Crippen LogP contribution < -0.4 is 10.6 Å². The Bertz CT molecular complexity index is 1070. The number of benzene rings is 3. The highest BCUT2D eigenvalue weighted by Gasteiger charge is 2.15. The Kier molecular flexibility index (Phi) is 8.43. The van der Waals surface area contributed by atoms with Gasteiger partial charge >= 0.3 is 0 Å². The van der Waals surface area contributed by atoms with E-state index in [-0.39, 0.29) is 11.5 Å². The molecule has 3 rings (SSSR count). The lowest BCUT2D eigenvalue weighted by Crippen LogP contribution is -2.18. The molecule has 0 aromatic heterocycles. The van der Waals surface area contributed by atoms with Crippen LogP contribution in [0.4, 0.5) is 11.4 Å². The van der Waals surface area contributed by atoms with Gasteiger partial charge in [-0.05, 0) is 61.5 Å². The zero-order valence-corrected chi connectivity index (χ0v) is 17.2. The van der Waals surface area contributed by atoms with Crippen LogP contribution in [0, 0.1) is 12.3 Å². The van der Waals surface area contributed by atoms with E-state index in [1.54, 1.807) is 66.7 Å². The third kappa shape index (κ3) is 6.37. The predicted octanol–water partition coefficient (Wildman–Crippen LogP) is 6.02. The van der Waals surface area contributed by atoms with Crippen molar-refractivity contribution in [2.45, 2.75) is 6.92 Å². The Hall–Kier alpha value is -3.81. The Morgan fingerprint density at radius 3 is 2.20 bits per heavy atom. The Labute approximate surface area is 181 Å². The van der Waals surface area contributed by atoms with E-state index in [2.05, 4.69) is 23.1 Å². The number of hydrogen-bond donors (Lipinski definition) is 2. The van der Waals surface area contributed by atoms with Gasteiger partial charge in [-0.3, -0.25) is 9.59 Å². The van der Waals surface area contributed by atoms with Gasteiger partial charge in [0.1, 0.15) is 0 Å². The average molecular weight is 417 g/mol. The second-order valence-corrected chi connectivity index (χ2v) is 6.53. The van der Waals surface area contributed by atoms with Crippen LogP contribution in [0.3, 0.4) is 0 Å². The van der Waals surface area contributed by atoms with Crippen molar-refractivity contribution >= 4 is 34.8 Å². The zero-order valence-electron chi connectivity index (χ0n) is 16.5. The van der Waals surface area contributed by atoms with Crippen LogP contribution >= 0.6 is 11.6 Å². The van der Waals surface area contributed by atoms with E-state index >= 15 is 0 Å². The van der Waals surface area contributed by atoms with Crippen LogP contribution in [-0.4, -0.2) is 11.8 Å². The molecule has 0 aliphatic heterocycles. The van der Waals surface area contributed by atoms with Gasteiger partial charge < -0.3 is 10.6 Å². The molecule has 0 unspecified atom stereocenters. The van der Waals surface area contributed by atoms with Crippen molar-refractivity contribution in [3.63, 3.8) is 0 Å². The van der Waals surface area contributed by atoms with E-state index in [1.165, 1.54) is 6.07 Å². The fourth-order valence-corrected chi connectivity index (χ4v) is 2.62. The van der Waals surface area contributed by atoms with Gasteiger partial charge in [-0.1, -0.05) is 41.8 Å². The molecule has 150 valence electrons. The highest BCUT2D eigenvalue weighted by atomic mass is 35.5. The van der Waals surface area contributed by atoms with Crippen LogP contribution in [0.25, 0.3) is 0 Å². The molecule has 4 nitrogen and oxygen atoms in total. The summed E-state index contributed by atoms with van der Waals surface area (Å²) in [5, 5.41) is 5.92. The van der Waals surface area contributed by atoms with Crippen molar-refractivity contribution in [2.24, 2.45) is 0 Å². The van der Waals surface area contributed by atoms with Gasteiger partial charge in [0.05, 0.1) is 11.3 Å². The first-order valence-electron chi connectivity index (χ1n) is 9.09. The molecule has 0 saturated heterocycles. The van der Waals surface area contributed by atoms with Crippen molar-refractivity contribution in [2.75, 3.05) is 10.6 Å². The summed E-state index contributed by atoms with van der Waals surface area (Å²) in [5.74, 6) is 1.81. The van der Waals surface area contributed by atoms with Crippen LogP contribution in [0.1, 0.15) is 33.2 Å². The third-order valence-corrected chi connectivity index (χ3v) is 4.05. The predicted molar refractivity (Wildman–Crippen MR) is 124 cm³/mol. The molecule has 2 N–H and O–H groups in total. The summed E-state index contributed by atoms with van der Waals surface area (Å²) in [6, 6.07) is 20.3. The van der Waals surface area contributed by atoms with Gasteiger partial charge in [0, 0.05) is 21.8 Å². The summed E-state index contributed by atoms with van der Waals surface area (Å²) in [4.78, 5) is 25.1. The van der Waals surface area contributed by atoms with E-state index in [9.17, 15) is 9.59 Å². The molecule has 0 fully saturated rings. The molecular formula is C25H21ClN2O2. The smallest absolute Gasteiger partial charge is 0.257 e. The van der Waals surface area contributed by atoms with Crippen molar-refractivity contribution in [3.8, 4) is 12.3 Å². The lowest BCUT2D eigenvalue weighted by Gasteiger charge is -2.12. The molecule has 0 atom stereocenters. The van der Waals surface area contributed by atoms with Crippen molar-refractivity contribution in [3.05, 3.63) is 107 Å². The molecule has 2 amide bonds. The molecule has 3 aromatic carbocycles. The van der Waals surface area contributed by atoms with E-state index in [4.69, 9.17) is 18.0 Å². The van der Waals surface area contributed by atoms with Gasteiger partial charge in [0.25, 0.3) is 11.8 Å². The number of terminal acetylenes is 1. The number of anilines is 2. The Balaban J connectivity index is 0.00000101. The highest BCUT2D eigenvalue weighted by Crippen LogP contribution is 2.23. The molecule has 0 spiro atoms. The quantitative estimate of drug-likeness (QED) is 0.403. The van der Waals surface area contributed by atoms with Gasteiger partial charge in [0.15, 0.2) is 0 Å². The second kappa shape index (κ2) is 11.3. The van der Waals surface area contributed by atoms with Gasteiger partial charge in [-0.15, -0.1) is 13.0 Å². The first-order valence-corrected chi connectivity index (χ1v) is 9.47. The SMILES string of the molecule is C#Cc1ccc(NC(=O)c2cc(Cl)ccc2NC(=O)c2ccccc2)cc1.C=CC. The fraction of sp³-hybridized carbons (Fsp3) is 0.0400. The number of carbonyl (C=O) groups excluding carboxylic acids is 2. The number of allylic oxidation sites excluding steroid dienone is 1. The molecule has 0 saturated carbocycles. The molecule has 5 heteroatoms. The summed E-state index contributed by atoms with van der Waals surface area (Å²) >= 11 is 6.04. The zero-order chi connectivity index (χ0) is 21.9. The molecule has 0 aliphatic rings. The van der Waals surface area contributed by atoms with Gasteiger partial charge in [-0.25, -0.2) is 0 Å². The number of amides is 2. The van der Waals surface area contributed by atoms with E-state index in [0.29, 0.717) is 27.5 Å². The van der Waals surface area contributed by atoms with Crippen molar-refractivity contribution in [1.29, 1.82) is 0 Å². The maximum atomic E-state index is 12.7. The minimum atomic E-state index is -0.394. The summed E-state index contributed by atoms with van der Waals surface area (Å²) in [5.41, 5.74) is 2.41. The summed E-state index contributed by atoms with van der Waals surface area (Å²) in [6.45, 7) is 5.25. The normalized spacial score (nSPS) is 9.37. The van der Waals surface area contributed by atoms with Crippen LogP contribution in [0.15, 0.2) is 85.5 Å². The van der Waals surface area contributed by atoms with Crippen LogP contribution in [0.5, 0.6) is 0 Å². The highest BCUT2D eigenvalue weighted by molar-refractivity contribution is 6.31. The lowest BCUT2D eigenvalue weighted by molar-refractivity contribution is 0.102. The maximum Gasteiger partial charge on any atom is 0.257 e. The van der Waals surface area contributed by atoms with Crippen LogP contribution in [-0.2, 0) is 0 Å². The van der Waals surface area contributed by atoms with Crippen molar-refractivity contribution in [1.82, 2.24) is 0 Å². The molecule has 0 radical (unpaired) electrons. The molecular weight excluding hydrogens is 396 g/mol. The molecule has 0 aliphatic carbocycles. The minimum Gasteiger partial charge on any atom is -0.322 e. The number of nitrogens with one attached hydrogen (secondary N) is 2. The van der Waals surface area contributed by atoms with Gasteiger partial charge in [-0.2, -0.15) is 0 Å². The molecule has 0 bridgehead atoms. The number of rotatable bonds is 4. The van der Waals surface area contributed by atoms with E-state index in [1.807, 2.05) is 13.0 Å². The number of halogens is 1. The average Bonchev–Trinajstić information content (AvgIpc) is 2.76. The topological polar surface area (TPSA) is 58.2 Å². The summed E-state index contributed by atoms with van der Waals surface area (Å²) in [7, 11) is 0. The first kappa shape index (κ1) is 22.5. The second-order valence-electron chi connectivity index (χ2n) is 6.09. The summed E-state index contributed by atoms with van der Waals surface area (Å²) in [6.07, 6.45) is 7.08. The number of carbonyl (C=O) groups is 2. The molecule has 30 heavy (non-hydrogen) atoms. The summed E-state index contributed by atoms with van der Waals surface area (Å²) < 4.78 is 0. The fourth-order valence-electron chi connectivity index (χ4n) is 2.45. The monoisotopic (exact) mass is 416 g/mol. The Morgan fingerprint density at radius 1 is 0.967 bits per heavy atom. The standard InChI is InChI=1S/C22H15ClN2O2.C3H6/c1-2-15-8-11-18(12-9-15)24-22(27)19-14-17(23)10-13-20(19)25-21(26)16-6-4-3-5-7-16;1-3-2/h1,3-14H,(H,24,27)(H,25,26);3H,1H2,2H3. The van der Waals surface area contributed by atoms with Crippen molar-refractivity contribution < 1.29 is 9.59 Å². The van der Waals surface area contributed by atoms with E-state index < -0.39 is 5.91 Å². The largest absolute Gasteiger partial charge is 0.322 e. The first-order chi connectivity index (χ1) is 14.5. The Morgan fingerprint density at radius 2 is 1.60 bits per heavy atom. The lowest BCUT2D eigenvalue weighted by atomic mass is 10.1. The maximum absolute atomic E-state index is 12.7. The van der Waals surface area contributed by atoms with Gasteiger partial charge in [0.2, 0.25) is 0 Å².